The van der Waals surface area contributed by atoms with Gasteiger partial charge in [0.05, 0.1) is 10.6 Å². The second-order valence-corrected chi connectivity index (χ2v) is 6.45. The number of carbonyl (C=O) groups is 1. The SMILES string of the molecule is O=C(/C=C/c1cn(-c2ccccc2)nc1-c1ccncc1)c1cccc([N+](=O)[O-])c1. The van der Waals surface area contributed by atoms with Gasteiger partial charge >= 0.3 is 0 Å². The first-order valence-electron chi connectivity index (χ1n) is 9.14. The maximum atomic E-state index is 12.6. The fourth-order valence-corrected chi connectivity index (χ4v) is 2.99. The van der Waals surface area contributed by atoms with E-state index in [0.29, 0.717) is 5.69 Å². The van der Waals surface area contributed by atoms with Gasteiger partial charge in [-0.3, -0.25) is 19.9 Å². The molecule has 0 fully saturated rings. The number of carbonyl (C=O) groups excluding carboxylic acids is 1. The minimum atomic E-state index is -0.522. The molecular weight excluding hydrogens is 380 g/mol. The van der Waals surface area contributed by atoms with Crippen LogP contribution >= 0.6 is 0 Å². The Hall–Kier alpha value is -4.39. The van der Waals surface area contributed by atoms with Crippen LogP contribution in [0.3, 0.4) is 0 Å². The van der Waals surface area contributed by atoms with Crippen LogP contribution in [0.15, 0.2) is 91.4 Å². The molecule has 0 spiro atoms. The topological polar surface area (TPSA) is 90.9 Å². The van der Waals surface area contributed by atoms with Crippen molar-refractivity contribution in [3.8, 4) is 16.9 Å². The third-order valence-corrected chi connectivity index (χ3v) is 4.47. The predicted octanol–water partition coefficient (Wildman–Crippen LogP) is 4.74. The minimum absolute atomic E-state index is 0.122. The number of para-hydroxylation sites is 1. The maximum Gasteiger partial charge on any atom is 0.270 e. The molecule has 0 radical (unpaired) electrons. The largest absolute Gasteiger partial charge is 0.289 e. The normalized spacial score (nSPS) is 10.9. The van der Waals surface area contributed by atoms with Crippen molar-refractivity contribution in [1.82, 2.24) is 14.8 Å². The van der Waals surface area contributed by atoms with Gasteiger partial charge in [0.15, 0.2) is 5.78 Å². The van der Waals surface area contributed by atoms with E-state index < -0.39 is 4.92 Å². The molecule has 0 aliphatic rings. The average molecular weight is 396 g/mol. The van der Waals surface area contributed by atoms with Crippen molar-refractivity contribution in [3.63, 3.8) is 0 Å². The molecule has 4 aromatic rings. The summed E-state index contributed by atoms with van der Waals surface area (Å²) in [7, 11) is 0. The molecule has 4 rings (SSSR count). The lowest BCUT2D eigenvalue weighted by molar-refractivity contribution is -0.384. The molecule has 0 saturated carbocycles. The minimum Gasteiger partial charge on any atom is -0.289 e. The first kappa shape index (κ1) is 18.9. The number of rotatable bonds is 6. The number of hydrogen-bond donors (Lipinski definition) is 0. The van der Waals surface area contributed by atoms with Gasteiger partial charge in [0.2, 0.25) is 0 Å². The van der Waals surface area contributed by atoms with Crippen molar-refractivity contribution in [1.29, 1.82) is 0 Å². The van der Waals surface area contributed by atoms with Crippen molar-refractivity contribution in [2.75, 3.05) is 0 Å². The molecule has 7 nitrogen and oxygen atoms in total. The molecule has 0 saturated heterocycles. The van der Waals surface area contributed by atoms with Gasteiger partial charge in [-0.05, 0) is 36.4 Å². The van der Waals surface area contributed by atoms with E-state index in [4.69, 9.17) is 0 Å². The number of allylic oxidation sites excluding steroid dienone is 1. The molecule has 0 atom stereocenters. The van der Waals surface area contributed by atoms with E-state index in [1.54, 1.807) is 29.2 Å². The highest BCUT2D eigenvalue weighted by Crippen LogP contribution is 2.24. The van der Waals surface area contributed by atoms with Crippen molar-refractivity contribution in [2.24, 2.45) is 0 Å². The van der Waals surface area contributed by atoms with Crippen LogP contribution in [0.4, 0.5) is 5.69 Å². The van der Waals surface area contributed by atoms with Gasteiger partial charge in [-0.15, -0.1) is 0 Å². The number of nitrogens with zero attached hydrogens (tertiary/aromatic N) is 4. The number of nitro benzene ring substituents is 1. The Morgan fingerprint density at radius 3 is 2.50 bits per heavy atom. The first-order chi connectivity index (χ1) is 14.6. The number of hydrogen-bond acceptors (Lipinski definition) is 5. The molecule has 146 valence electrons. The Kier molecular flexibility index (Phi) is 5.25. The van der Waals surface area contributed by atoms with Crippen LogP contribution in [-0.2, 0) is 0 Å². The van der Waals surface area contributed by atoms with E-state index >= 15 is 0 Å². The number of benzene rings is 2. The zero-order chi connectivity index (χ0) is 20.9. The van der Waals surface area contributed by atoms with Gasteiger partial charge < -0.3 is 0 Å². The molecule has 0 unspecified atom stereocenters. The van der Waals surface area contributed by atoms with Crippen LogP contribution in [-0.4, -0.2) is 25.5 Å². The molecule has 30 heavy (non-hydrogen) atoms. The summed E-state index contributed by atoms with van der Waals surface area (Å²) < 4.78 is 1.74. The zero-order valence-corrected chi connectivity index (χ0v) is 15.8. The average Bonchev–Trinajstić information content (AvgIpc) is 3.23. The summed E-state index contributed by atoms with van der Waals surface area (Å²) in [6.45, 7) is 0. The Morgan fingerprint density at radius 2 is 1.77 bits per heavy atom. The Balaban J connectivity index is 1.71. The number of aromatic nitrogens is 3. The lowest BCUT2D eigenvalue weighted by Gasteiger charge is -2.00. The first-order valence-corrected chi connectivity index (χ1v) is 9.14. The van der Waals surface area contributed by atoms with Crippen molar-refractivity contribution < 1.29 is 9.72 Å². The maximum absolute atomic E-state index is 12.6. The lowest BCUT2D eigenvalue weighted by Crippen LogP contribution is -1.96. The fraction of sp³-hybridized carbons (Fsp3) is 0. The second kappa shape index (κ2) is 8.32. The molecule has 0 aliphatic heterocycles. The Bertz CT molecular complexity index is 1230. The monoisotopic (exact) mass is 396 g/mol. The quantitative estimate of drug-likeness (QED) is 0.203. The molecule has 0 N–H and O–H groups in total. The van der Waals surface area contributed by atoms with Gasteiger partial charge in [-0.1, -0.05) is 30.3 Å². The number of pyridine rings is 1. The Labute approximate surface area is 172 Å². The van der Waals surface area contributed by atoms with E-state index in [9.17, 15) is 14.9 Å². The smallest absolute Gasteiger partial charge is 0.270 e. The summed E-state index contributed by atoms with van der Waals surface area (Å²) in [6, 6.07) is 19.0. The second-order valence-electron chi connectivity index (χ2n) is 6.45. The highest BCUT2D eigenvalue weighted by Gasteiger charge is 2.12. The van der Waals surface area contributed by atoms with Crippen LogP contribution in [0.5, 0.6) is 0 Å². The summed E-state index contributed by atoms with van der Waals surface area (Å²) in [5.41, 5.74) is 3.32. The van der Waals surface area contributed by atoms with Gasteiger partial charge in [-0.2, -0.15) is 5.10 Å². The van der Waals surface area contributed by atoms with Gasteiger partial charge in [0.25, 0.3) is 5.69 Å². The van der Waals surface area contributed by atoms with Crippen LogP contribution in [0.2, 0.25) is 0 Å². The molecule has 0 aliphatic carbocycles. The van der Waals surface area contributed by atoms with Crippen molar-refractivity contribution >= 4 is 17.5 Å². The fourth-order valence-electron chi connectivity index (χ4n) is 2.99. The summed E-state index contributed by atoms with van der Waals surface area (Å²) in [4.78, 5) is 27.0. The summed E-state index contributed by atoms with van der Waals surface area (Å²) in [5.74, 6) is -0.327. The van der Waals surface area contributed by atoms with Gasteiger partial charge in [0.1, 0.15) is 5.69 Å². The number of nitro groups is 1. The van der Waals surface area contributed by atoms with E-state index in [2.05, 4.69) is 10.1 Å². The molecule has 2 aromatic carbocycles. The molecule has 2 heterocycles. The highest BCUT2D eigenvalue weighted by molar-refractivity contribution is 6.07. The Morgan fingerprint density at radius 1 is 1.00 bits per heavy atom. The van der Waals surface area contributed by atoms with Crippen LogP contribution < -0.4 is 0 Å². The van der Waals surface area contributed by atoms with E-state index in [1.165, 1.54) is 24.3 Å². The molecular formula is C23H16N4O3. The molecule has 0 bridgehead atoms. The predicted molar refractivity (Wildman–Crippen MR) is 113 cm³/mol. The standard InChI is InChI=1S/C23H16N4O3/c28-22(18-5-4-8-21(15-18)27(29)30)10-9-19-16-26(20-6-2-1-3-7-20)25-23(19)17-11-13-24-14-12-17/h1-16H/b10-9+. The van der Waals surface area contributed by atoms with Crippen molar-refractivity contribution in [3.05, 3.63) is 113 Å². The van der Waals surface area contributed by atoms with Crippen molar-refractivity contribution in [2.45, 2.75) is 0 Å². The summed E-state index contributed by atoms with van der Waals surface area (Å²) >= 11 is 0. The highest BCUT2D eigenvalue weighted by atomic mass is 16.6. The van der Waals surface area contributed by atoms with Gasteiger partial charge in [0, 0.05) is 47.4 Å². The van der Waals surface area contributed by atoms with E-state index in [-0.39, 0.29) is 17.0 Å². The third-order valence-electron chi connectivity index (χ3n) is 4.47. The zero-order valence-electron chi connectivity index (χ0n) is 15.8. The number of non-ortho nitro benzene ring substituents is 1. The third kappa shape index (κ3) is 4.05. The number of ketones is 1. The summed E-state index contributed by atoms with van der Waals surface area (Å²) in [6.07, 6.45) is 8.26. The molecule has 2 aromatic heterocycles. The van der Waals surface area contributed by atoms with Crippen LogP contribution in [0.1, 0.15) is 15.9 Å². The van der Waals surface area contributed by atoms with E-state index in [1.807, 2.05) is 48.7 Å². The molecule has 7 heteroatoms. The molecule has 0 amide bonds. The van der Waals surface area contributed by atoms with Gasteiger partial charge in [-0.25, -0.2) is 4.68 Å². The van der Waals surface area contributed by atoms with Crippen LogP contribution in [0.25, 0.3) is 23.0 Å². The van der Waals surface area contributed by atoms with Crippen LogP contribution in [0, 0.1) is 10.1 Å². The van der Waals surface area contributed by atoms with E-state index in [0.717, 1.165) is 16.8 Å². The summed E-state index contributed by atoms with van der Waals surface area (Å²) in [5, 5.41) is 15.6. The lowest BCUT2D eigenvalue weighted by atomic mass is 10.1.